The van der Waals surface area contributed by atoms with Crippen LogP contribution in [0.3, 0.4) is 0 Å². The minimum atomic E-state index is -3.73. The van der Waals surface area contributed by atoms with Gasteiger partial charge in [0.2, 0.25) is 0 Å². The van der Waals surface area contributed by atoms with Crippen LogP contribution in [-0.4, -0.2) is 61.6 Å². The van der Waals surface area contributed by atoms with Crippen molar-refractivity contribution < 1.29 is 23.1 Å². The Kier molecular flexibility index (Phi) is 8.60. The molecule has 1 aromatic heterocycles. The number of aromatic nitrogens is 2. The number of halogens is 2. The minimum absolute atomic E-state index is 0.0387. The van der Waals surface area contributed by atoms with Crippen molar-refractivity contribution >= 4 is 67.1 Å². The molecule has 0 saturated heterocycles. The average molecular weight is 590 g/mol. The first-order valence-electron chi connectivity index (χ1n) is 11.9. The van der Waals surface area contributed by atoms with Gasteiger partial charge in [-0.25, -0.2) is 13.4 Å². The highest BCUT2D eigenvalue weighted by Gasteiger charge is 2.19. The van der Waals surface area contributed by atoms with E-state index in [4.69, 9.17) is 28.3 Å². The van der Waals surface area contributed by atoms with Crippen LogP contribution in [0.5, 0.6) is 0 Å². The summed E-state index contributed by atoms with van der Waals surface area (Å²) in [6.07, 6.45) is 0.0285. The molecule has 3 aromatic carbocycles. The lowest BCUT2D eigenvalue weighted by atomic mass is 10.1. The third-order valence-electron chi connectivity index (χ3n) is 6.05. The molecule has 0 fully saturated rings. The summed E-state index contributed by atoms with van der Waals surface area (Å²) in [5.41, 5.74) is 3.73. The molecule has 0 atom stereocenters. The number of rotatable bonds is 10. The molecule has 39 heavy (non-hydrogen) atoms. The number of benzene rings is 3. The summed E-state index contributed by atoms with van der Waals surface area (Å²) in [6.45, 7) is -0.624. The van der Waals surface area contributed by atoms with Gasteiger partial charge < -0.3 is 20.3 Å². The van der Waals surface area contributed by atoms with Crippen LogP contribution in [0.4, 0.5) is 11.4 Å². The Morgan fingerprint density at radius 3 is 2.49 bits per heavy atom. The second kappa shape index (κ2) is 11.7. The van der Waals surface area contributed by atoms with E-state index in [-0.39, 0.29) is 34.1 Å². The van der Waals surface area contributed by atoms with E-state index in [1.807, 2.05) is 37.2 Å². The molecule has 0 saturated carbocycles. The number of amides is 1. The van der Waals surface area contributed by atoms with Crippen molar-refractivity contribution in [1.82, 2.24) is 9.97 Å². The number of Topliss-reactive ketones (excluding diaryl/α,β-unsaturated/α-hetero) is 1. The molecule has 0 aliphatic carbocycles. The van der Waals surface area contributed by atoms with Crippen LogP contribution in [0.2, 0.25) is 10.0 Å². The number of hydrogen-bond acceptors (Lipinski definition) is 7. The maximum Gasteiger partial charge on any atom is 0.257 e. The average Bonchev–Trinajstić information content (AvgIpc) is 3.32. The zero-order valence-electron chi connectivity index (χ0n) is 21.2. The highest BCUT2D eigenvalue weighted by Crippen LogP contribution is 2.32. The zero-order chi connectivity index (χ0) is 28.3. The second-order valence-electron chi connectivity index (χ2n) is 9.09. The zero-order valence-corrected chi connectivity index (χ0v) is 23.5. The highest BCUT2D eigenvalue weighted by molar-refractivity contribution is 7.91. The Morgan fingerprint density at radius 2 is 1.79 bits per heavy atom. The molecular weight excluding hydrogens is 563 g/mol. The summed E-state index contributed by atoms with van der Waals surface area (Å²) >= 11 is 12.7. The minimum Gasteiger partial charge on any atom is -0.389 e. The highest BCUT2D eigenvalue weighted by atomic mass is 35.5. The van der Waals surface area contributed by atoms with Gasteiger partial charge in [-0.2, -0.15) is 0 Å². The number of ketones is 1. The Bertz CT molecular complexity index is 1670. The number of fused-ring (bicyclic) bond motifs is 1. The van der Waals surface area contributed by atoms with Crippen LogP contribution in [0.15, 0.2) is 59.5 Å². The molecule has 0 radical (unpaired) electrons. The van der Waals surface area contributed by atoms with E-state index < -0.39 is 28.1 Å². The smallest absolute Gasteiger partial charge is 0.257 e. The molecule has 4 rings (SSSR count). The van der Waals surface area contributed by atoms with Crippen LogP contribution in [0.25, 0.3) is 22.4 Å². The molecule has 1 amide bonds. The first kappa shape index (κ1) is 28.6. The van der Waals surface area contributed by atoms with Crippen molar-refractivity contribution in [1.29, 1.82) is 0 Å². The third-order valence-corrected chi connectivity index (χ3v) is 8.49. The SMILES string of the molecule is CN(C)c1ccc2nc(-c3cc(NC(=O)c4ccc(S(=O)(=O)CCCC(=O)CO)cc4Cl)ccc3Cl)[nH]c2c1. The molecule has 0 unspecified atom stereocenters. The van der Waals surface area contributed by atoms with Crippen molar-refractivity contribution in [3.63, 3.8) is 0 Å². The molecule has 12 heteroatoms. The summed E-state index contributed by atoms with van der Waals surface area (Å²) in [7, 11) is 0.172. The van der Waals surface area contributed by atoms with Crippen molar-refractivity contribution in [2.75, 3.05) is 36.7 Å². The van der Waals surface area contributed by atoms with E-state index in [0.29, 0.717) is 22.1 Å². The number of carbonyl (C=O) groups is 2. The van der Waals surface area contributed by atoms with Crippen molar-refractivity contribution in [2.24, 2.45) is 0 Å². The summed E-state index contributed by atoms with van der Waals surface area (Å²) < 4.78 is 25.2. The molecule has 9 nitrogen and oxygen atoms in total. The van der Waals surface area contributed by atoms with Crippen LogP contribution < -0.4 is 10.2 Å². The molecule has 3 N–H and O–H groups in total. The van der Waals surface area contributed by atoms with Gasteiger partial charge in [-0.15, -0.1) is 0 Å². The van der Waals surface area contributed by atoms with Gasteiger partial charge in [0.15, 0.2) is 15.6 Å². The van der Waals surface area contributed by atoms with Crippen LogP contribution in [0.1, 0.15) is 23.2 Å². The van der Waals surface area contributed by atoms with E-state index in [0.717, 1.165) is 16.7 Å². The Balaban J connectivity index is 1.53. The van der Waals surface area contributed by atoms with E-state index >= 15 is 0 Å². The number of aromatic amines is 1. The number of aliphatic hydroxyl groups is 1. The fraction of sp³-hybridized carbons (Fsp3) is 0.222. The lowest BCUT2D eigenvalue weighted by molar-refractivity contribution is -0.121. The number of nitrogens with one attached hydrogen (secondary N) is 2. The molecule has 204 valence electrons. The number of imidazole rings is 1. The lowest BCUT2D eigenvalue weighted by Gasteiger charge is -2.11. The van der Waals surface area contributed by atoms with Crippen molar-refractivity contribution in [3.8, 4) is 11.4 Å². The quantitative estimate of drug-likeness (QED) is 0.238. The van der Waals surface area contributed by atoms with Gasteiger partial charge in [-0.1, -0.05) is 23.2 Å². The Hall–Kier alpha value is -3.44. The van der Waals surface area contributed by atoms with Gasteiger partial charge in [0.1, 0.15) is 12.4 Å². The predicted molar refractivity (Wildman–Crippen MR) is 154 cm³/mol. The molecule has 0 bridgehead atoms. The molecule has 4 aromatic rings. The number of anilines is 2. The summed E-state index contributed by atoms with van der Waals surface area (Å²) in [4.78, 5) is 34.0. The van der Waals surface area contributed by atoms with Gasteiger partial charge in [0.05, 0.1) is 37.3 Å². The van der Waals surface area contributed by atoms with Crippen LogP contribution >= 0.6 is 23.2 Å². The molecule has 1 heterocycles. The van der Waals surface area contributed by atoms with E-state index in [1.165, 1.54) is 18.2 Å². The molecule has 0 aliphatic heterocycles. The topological polar surface area (TPSA) is 132 Å². The van der Waals surface area contributed by atoms with Crippen molar-refractivity contribution in [3.05, 3.63) is 70.2 Å². The maximum atomic E-state index is 13.0. The number of hydrogen-bond donors (Lipinski definition) is 3. The fourth-order valence-corrected chi connectivity index (χ4v) is 5.79. The fourth-order valence-electron chi connectivity index (χ4n) is 3.92. The number of carbonyl (C=O) groups excluding carboxylic acids is 2. The number of H-pyrrole nitrogens is 1. The Morgan fingerprint density at radius 1 is 1.03 bits per heavy atom. The third kappa shape index (κ3) is 6.59. The van der Waals surface area contributed by atoms with Gasteiger partial charge in [0, 0.05) is 37.5 Å². The van der Waals surface area contributed by atoms with Crippen LogP contribution in [0, 0.1) is 0 Å². The standard InChI is InChI=1S/C27H26Cl2N4O5S/c1-33(2)17-6-10-24-25(13-17)32-26(31-24)21-12-16(5-9-22(21)28)30-27(36)20-8-7-19(14-23(20)29)39(37,38)11-3-4-18(35)15-34/h5-10,12-14,34H,3-4,11,15H2,1-2H3,(H,30,36)(H,31,32). The van der Waals surface area contributed by atoms with E-state index in [1.54, 1.807) is 18.2 Å². The van der Waals surface area contributed by atoms with Gasteiger partial charge >= 0.3 is 0 Å². The Labute approximate surface area is 235 Å². The predicted octanol–water partition coefficient (Wildman–Crippen LogP) is 4.97. The van der Waals surface area contributed by atoms with Gasteiger partial charge in [-0.3, -0.25) is 9.59 Å². The number of nitrogens with zero attached hydrogens (tertiary/aromatic N) is 2. The van der Waals surface area contributed by atoms with E-state index in [2.05, 4.69) is 15.3 Å². The first-order valence-corrected chi connectivity index (χ1v) is 14.3. The van der Waals surface area contributed by atoms with Gasteiger partial charge in [0.25, 0.3) is 5.91 Å². The largest absolute Gasteiger partial charge is 0.389 e. The summed E-state index contributed by atoms with van der Waals surface area (Å²) in [6, 6.07) is 14.7. The lowest BCUT2D eigenvalue weighted by Crippen LogP contribution is -2.14. The first-order chi connectivity index (χ1) is 18.5. The number of sulfone groups is 1. The number of aliphatic hydroxyl groups excluding tert-OH is 1. The normalized spacial score (nSPS) is 11.5. The second-order valence-corrected chi connectivity index (χ2v) is 12.0. The van der Waals surface area contributed by atoms with Crippen LogP contribution in [-0.2, 0) is 14.6 Å². The molecule has 0 aliphatic rings. The summed E-state index contributed by atoms with van der Waals surface area (Å²) in [5.74, 6) is -0.715. The molecule has 0 spiro atoms. The summed E-state index contributed by atoms with van der Waals surface area (Å²) in [5, 5.41) is 11.9. The monoisotopic (exact) mass is 588 g/mol. The van der Waals surface area contributed by atoms with E-state index in [9.17, 15) is 18.0 Å². The molecular formula is C27H26Cl2N4O5S. The van der Waals surface area contributed by atoms with Gasteiger partial charge in [-0.05, 0) is 61.0 Å². The van der Waals surface area contributed by atoms with Crippen molar-refractivity contribution in [2.45, 2.75) is 17.7 Å². The maximum absolute atomic E-state index is 13.0.